The van der Waals surface area contributed by atoms with Crippen LogP contribution in [0.5, 0.6) is 0 Å². The molecule has 23 heavy (non-hydrogen) atoms. The molecule has 2 aliphatic rings. The van der Waals surface area contributed by atoms with Gasteiger partial charge in [-0.2, -0.15) is 0 Å². The zero-order chi connectivity index (χ0) is 15.8. The largest absolute Gasteiger partial charge is 0.338 e. The van der Waals surface area contributed by atoms with Crippen LogP contribution >= 0.6 is 0 Å². The Kier molecular flexibility index (Phi) is 3.44. The minimum absolute atomic E-state index is 0.156. The molecule has 2 aromatic rings. The maximum atomic E-state index is 13.2. The summed E-state index contributed by atoms with van der Waals surface area (Å²) in [5.74, 6) is 0.574. The Labute approximate surface area is 133 Å². The van der Waals surface area contributed by atoms with Crippen molar-refractivity contribution >= 4 is 6.03 Å². The highest BCUT2D eigenvalue weighted by Gasteiger charge is 2.56. The van der Waals surface area contributed by atoms with Crippen molar-refractivity contribution in [2.45, 2.75) is 24.8 Å². The summed E-state index contributed by atoms with van der Waals surface area (Å²) in [6, 6.07) is 4.97. The third-order valence-corrected chi connectivity index (χ3v) is 4.67. The number of urea groups is 1. The zero-order valence-corrected chi connectivity index (χ0v) is 12.5. The summed E-state index contributed by atoms with van der Waals surface area (Å²) in [6.45, 7) is 0.522. The summed E-state index contributed by atoms with van der Waals surface area (Å²) >= 11 is 0. The molecule has 1 heterocycles. The van der Waals surface area contributed by atoms with E-state index < -0.39 is 0 Å². The molecular formula is C17H17FN4O. The van der Waals surface area contributed by atoms with Crippen LogP contribution < -0.4 is 10.6 Å². The van der Waals surface area contributed by atoms with Crippen LogP contribution in [0.3, 0.4) is 0 Å². The van der Waals surface area contributed by atoms with Crippen molar-refractivity contribution in [2.24, 2.45) is 5.92 Å². The molecular weight excluding hydrogens is 295 g/mol. The smallest absolute Gasteiger partial charge is 0.315 e. The Morgan fingerprint density at radius 2 is 2.26 bits per heavy atom. The van der Waals surface area contributed by atoms with Gasteiger partial charge in [0.2, 0.25) is 0 Å². The second-order valence-corrected chi connectivity index (χ2v) is 6.11. The van der Waals surface area contributed by atoms with Gasteiger partial charge in [-0.15, -0.1) is 0 Å². The molecule has 118 valence electrons. The number of hydrogen-bond acceptors (Lipinski definition) is 3. The number of hydrogen-bond donors (Lipinski definition) is 2. The van der Waals surface area contributed by atoms with Gasteiger partial charge in [0.25, 0.3) is 0 Å². The highest BCUT2D eigenvalue weighted by atomic mass is 19.1. The first kappa shape index (κ1) is 14.1. The lowest BCUT2D eigenvalue weighted by molar-refractivity contribution is 0.240. The number of carbonyl (C=O) groups is 1. The first-order valence-electron chi connectivity index (χ1n) is 7.80. The van der Waals surface area contributed by atoms with E-state index in [1.54, 1.807) is 24.7 Å². The van der Waals surface area contributed by atoms with Crippen LogP contribution in [0.15, 0.2) is 36.8 Å². The lowest BCUT2D eigenvalue weighted by Gasteiger charge is -2.11. The van der Waals surface area contributed by atoms with Gasteiger partial charge in [0, 0.05) is 43.5 Å². The molecule has 1 aromatic carbocycles. The summed E-state index contributed by atoms with van der Waals surface area (Å²) in [7, 11) is 0. The van der Waals surface area contributed by atoms with Crippen molar-refractivity contribution in [3.8, 4) is 0 Å². The van der Waals surface area contributed by atoms with E-state index in [0.29, 0.717) is 24.8 Å². The topological polar surface area (TPSA) is 66.9 Å². The molecule has 0 bridgehead atoms. The molecule has 2 N–H and O–H groups in total. The molecule has 0 radical (unpaired) electrons. The van der Waals surface area contributed by atoms with Crippen LogP contribution in [0.4, 0.5) is 9.18 Å². The van der Waals surface area contributed by atoms with E-state index in [9.17, 15) is 9.18 Å². The number of amides is 2. The van der Waals surface area contributed by atoms with Crippen LogP contribution in [0, 0.1) is 11.7 Å². The Bertz CT molecular complexity index is 737. The van der Waals surface area contributed by atoms with E-state index in [1.807, 2.05) is 6.07 Å². The van der Waals surface area contributed by atoms with Crippen molar-refractivity contribution in [1.82, 2.24) is 20.6 Å². The van der Waals surface area contributed by atoms with Gasteiger partial charge in [0.15, 0.2) is 0 Å². The molecule has 3 atom stereocenters. The predicted octanol–water partition coefficient (Wildman–Crippen LogP) is 1.80. The number of rotatable bonds is 4. The molecule has 0 spiro atoms. The lowest BCUT2D eigenvalue weighted by atomic mass is 10.0. The Hall–Kier alpha value is -2.50. The van der Waals surface area contributed by atoms with E-state index in [-0.39, 0.29) is 17.9 Å². The van der Waals surface area contributed by atoms with Crippen LogP contribution in [-0.4, -0.2) is 28.6 Å². The van der Waals surface area contributed by atoms with Gasteiger partial charge in [-0.1, -0.05) is 6.07 Å². The molecule has 6 heteroatoms. The van der Waals surface area contributed by atoms with Crippen molar-refractivity contribution in [1.29, 1.82) is 0 Å². The van der Waals surface area contributed by atoms with Crippen molar-refractivity contribution < 1.29 is 9.18 Å². The molecule has 2 amide bonds. The standard InChI is InChI=1S/C17H17FN4O/c18-11-1-2-13-10(7-11)8-14-15(13)16(14)22-17(23)21-4-3-12-9-19-5-6-20-12/h1-2,5-7,9,14-16H,3-4,8H2,(H2,21,22,23). The van der Waals surface area contributed by atoms with Crippen LogP contribution in [0.25, 0.3) is 0 Å². The number of halogens is 1. The number of benzene rings is 1. The fourth-order valence-electron chi connectivity index (χ4n) is 3.54. The maximum absolute atomic E-state index is 13.2. The molecule has 0 saturated heterocycles. The Morgan fingerprint density at radius 1 is 1.35 bits per heavy atom. The highest BCUT2D eigenvalue weighted by Crippen LogP contribution is 2.56. The van der Waals surface area contributed by atoms with Crippen LogP contribution in [0.1, 0.15) is 22.7 Å². The zero-order valence-electron chi connectivity index (χ0n) is 12.5. The third-order valence-electron chi connectivity index (χ3n) is 4.67. The molecule has 1 fully saturated rings. The van der Waals surface area contributed by atoms with Gasteiger partial charge >= 0.3 is 6.03 Å². The highest BCUT2D eigenvalue weighted by molar-refractivity contribution is 5.75. The van der Waals surface area contributed by atoms with Crippen molar-refractivity contribution in [3.05, 3.63) is 59.4 Å². The second kappa shape index (κ2) is 5.61. The molecule has 0 aliphatic heterocycles. The number of nitrogens with one attached hydrogen (secondary N) is 2. The summed E-state index contributed by atoms with van der Waals surface area (Å²) in [5.41, 5.74) is 3.12. The van der Waals surface area contributed by atoms with E-state index in [2.05, 4.69) is 20.6 Å². The molecule has 4 rings (SSSR count). The van der Waals surface area contributed by atoms with Gasteiger partial charge in [0.05, 0.1) is 5.69 Å². The average Bonchev–Trinajstić information content (AvgIpc) is 3.05. The minimum Gasteiger partial charge on any atom is -0.338 e. The SMILES string of the molecule is O=C(NCCc1cnccn1)NC1C2Cc3cc(F)ccc3C21. The van der Waals surface area contributed by atoms with E-state index >= 15 is 0 Å². The van der Waals surface area contributed by atoms with Crippen molar-refractivity contribution in [3.63, 3.8) is 0 Å². The van der Waals surface area contributed by atoms with Gasteiger partial charge in [-0.05, 0) is 35.6 Å². The minimum atomic E-state index is -0.184. The summed E-state index contributed by atoms with van der Waals surface area (Å²) in [5, 5.41) is 5.86. The molecule has 5 nitrogen and oxygen atoms in total. The van der Waals surface area contributed by atoms with Gasteiger partial charge < -0.3 is 10.6 Å². The second-order valence-electron chi connectivity index (χ2n) is 6.11. The van der Waals surface area contributed by atoms with E-state index in [1.165, 1.54) is 11.6 Å². The number of fused-ring (bicyclic) bond motifs is 3. The third kappa shape index (κ3) is 2.76. The van der Waals surface area contributed by atoms with E-state index in [4.69, 9.17) is 0 Å². The van der Waals surface area contributed by atoms with Gasteiger partial charge in [0.1, 0.15) is 5.82 Å². The van der Waals surface area contributed by atoms with Gasteiger partial charge in [-0.25, -0.2) is 9.18 Å². The number of carbonyl (C=O) groups excluding carboxylic acids is 1. The Balaban J connectivity index is 1.26. The lowest BCUT2D eigenvalue weighted by Crippen LogP contribution is -2.39. The van der Waals surface area contributed by atoms with Crippen LogP contribution in [-0.2, 0) is 12.8 Å². The fourth-order valence-corrected chi connectivity index (χ4v) is 3.54. The Morgan fingerprint density at radius 3 is 3.09 bits per heavy atom. The first-order chi connectivity index (χ1) is 11.2. The fraction of sp³-hybridized carbons (Fsp3) is 0.353. The number of aromatic nitrogens is 2. The van der Waals surface area contributed by atoms with Crippen LogP contribution in [0.2, 0.25) is 0 Å². The predicted molar refractivity (Wildman–Crippen MR) is 82.4 cm³/mol. The van der Waals surface area contributed by atoms with Gasteiger partial charge in [-0.3, -0.25) is 9.97 Å². The molecule has 1 saturated carbocycles. The normalized spacial score (nSPS) is 23.8. The summed E-state index contributed by atoms with van der Waals surface area (Å²) < 4.78 is 13.2. The average molecular weight is 312 g/mol. The quantitative estimate of drug-likeness (QED) is 0.904. The number of nitrogens with zero attached hydrogens (tertiary/aromatic N) is 2. The summed E-state index contributed by atoms with van der Waals surface area (Å²) in [4.78, 5) is 20.1. The van der Waals surface area contributed by atoms with Crippen molar-refractivity contribution in [2.75, 3.05) is 6.54 Å². The molecule has 2 aliphatic carbocycles. The van der Waals surface area contributed by atoms with E-state index in [0.717, 1.165) is 17.7 Å². The molecule has 3 unspecified atom stereocenters. The summed E-state index contributed by atoms with van der Waals surface area (Å²) in [6.07, 6.45) is 6.46. The molecule has 1 aromatic heterocycles. The monoisotopic (exact) mass is 312 g/mol. The maximum Gasteiger partial charge on any atom is 0.315 e. The first-order valence-corrected chi connectivity index (χ1v) is 7.80.